The largest absolute Gasteiger partial charge is 0.349 e. The number of carbonyl (C=O) groups is 1. The summed E-state index contributed by atoms with van der Waals surface area (Å²) in [6.07, 6.45) is 8.70. The molecule has 1 aliphatic carbocycles. The highest BCUT2D eigenvalue weighted by Crippen LogP contribution is 2.27. The molecule has 3 heterocycles. The van der Waals surface area contributed by atoms with Crippen LogP contribution in [-0.4, -0.2) is 65.0 Å². The van der Waals surface area contributed by atoms with Crippen LogP contribution in [0.4, 0.5) is 10.3 Å². The number of hydrogen-bond acceptors (Lipinski definition) is 6. The van der Waals surface area contributed by atoms with Gasteiger partial charge in [-0.3, -0.25) is 9.78 Å². The van der Waals surface area contributed by atoms with E-state index in [9.17, 15) is 9.18 Å². The molecule has 37 heavy (non-hydrogen) atoms. The molecule has 0 bridgehead atoms. The Morgan fingerprint density at radius 1 is 1.14 bits per heavy atom. The minimum absolute atomic E-state index is 0.103. The maximum Gasteiger partial charge on any atom is 0.253 e. The molecule has 1 amide bonds. The van der Waals surface area contributed by atoms with Gasteiger partial charge in [0.2, 0.25) is 5.95 Å². The van der Waals surface area contributed by atoms with Crippen LogP contribution in [0.15, 0.2) is 48.8 Å². The lowest BCUT2D eigenvalue weighted by molar-refractivity contribution is 0.0903. The van der Waals surface area contributed by atoms with Gasteiger partial charge in [0.25, 0.3) is 5.91 Å². The zero-order chi connectivity index (χ0) is 25.8. The van der Waals surface area contributed by atoms with Crippen molar-refractivity contribution < 1.29 is 9.18 Å². The summed E-state index contributed by atoms with van der Waals surface area (Å²) in [5.74, 6) is 1.04. The third kappa shape index (κ3) is 6.13. The molecular weight excluding hydrogens is 467 g/mol. The third-order valence-corrected chi connectivity index (χ3v) is 7.64. The molecule has 0 radical (unpaired) electrons. The summed E-state index contributed by atoms with van der Waals surface area (Å²) in [5.41, 5.74) is 4.38. The van der Waals surface area contributed by atoms with Crippen LogP contribution in [0.5, 0.6) is 0 Å². The number of nitrogens with one attached hydrogen (secondary N) is 1. The minimum Gasteiger partial charge on any atom is -0.349 e. The number of carbonyl (C=O) groups excluding carboxylic acids is 1. The Kier molecular flexibility index (Phi) is 7.74. The van der Waals surface area contributed by atoms with Gasteiger partial charge in [0.05, 0.1) is 11.3 Å². The van der Waals surface area contributed by atoms with Crippen molar-refractivity contribution >= 4 is 11.9 Å². The van der Waals surface area contributed by atoms with E-state index in [2.05, 4.69) is 32.0 Å². The Morgan fingerprint density at radius 3 is 2.70 bits per heavy atom. The fourth-order valence-electron chi connectivity index (χ4n) is 5.29. The number of piperidine rings is 1. The molecule has 1 unspecified atom stereocenters. The molecule has 1 fully saturated rings. The van der Waals surface area contributed by atoms with Crippen molar-refractivity contribution in [2.45, 2.75) is 45.1 Å². The van der Waals surface area contributed by atoms with Crippen molar-refractivity contribution in [3.05, 3.63) is 71.4 Å². The van der Waals surface area contributed by atoms with E-state index >= 15 is 0 Å². The molecular formula is C29H35FN6O. The number of halogens is 1. The lowest BCUT2D eigenvalue weighted by Crippen LogP contribution is -2.46. The maximum absolute atomic E-state index is 13.5. The van der Waals surface area contributed by atoms with Crippen molar-refractivity contribution in [2.24, 2.45) is 5.92 Å². The molecule has 0 saturated carbocycles. The molecule has 2 aliphatic rings. The quantitative estimate of drug-likeness (QED) is 0.524. The van der Waals surface area contributed by atoms with Gasteiger partial charge in [-0.15, -0.1) is 0 Å². The molecule has 2 aromatic heterocycles. The van der Waals surface area contributed by atoms with E-state index in [4.69, 9.17) is 4.98 Å². The number of likely N-dealkylation sites (tertiary alicyclic amines) is 1. The van der Waals surface area contributed by atoms with Gasteiger partial charge in [0, 0.05) is 62.9 Å². The first-order valence-electron chi connectivity index (χ1n) is 13.3. The van der Waals surface area contributed by atoms with Crippen molar-refractivity contribution in [3.63, 3.8) is 0 Å². The Balaban J connectivity index is 1.08. The number of amides is 1. The van der Waals surface area contributed by atoms with Crippen LogP contribution in [0.25, 0.3) is 11.3 Å². The van der Waals surface area contributed by atoms with Gasteiger partial charge in [-0.2, -0.15) is 0 Å². The van der Waals surface area contributed by atoms with Crippen LogP contribution in [0.3, 0.4) is 0 Å². The number of aryl methyl sites for hydroxylation is 1. The van der Waals surface area contributed by atoms with Gasteiger partial charge in [-0.05, 0) is 74.8 Å². The highest BCUT2D eigenvalue weighted by Gasteiger charge is 2.26. The second-order valence-electron chi connectivity index (χ2n) is 10.3. The maximum atomic E-state index is 13.5. The Morgan fingerprint density at radius 2 is 1.97 bits per heavy atom. The van der Waals surface area contributed by atoms with Gasteiger partial charge < -0.3 is 15.1 Å². The highest BCUT2D eigenvalue weighted by atomic mass is 19.1. The van der Waals surface area contributed by atoms with Crippen molar-refractivity contribution in [3.8, 4) is 11.3 Å². The smallest absolute Gasteiger partial charge is 0.253 e. The van der Waals surface area contributed by atoms with Crippen LogP contribution in [-0.2, 0) is 12.8 Å². The number of benzene rings is 1. The molecule has 1 aromatic carbocycles. The van der Waals surface area contributed by atoms with E-state index in [1.807, 2.05) is 13.2 Å². The van der Waals surface area contributed by atoms with Gasteiger partial charge in [-0.25, -0.2) is 14.4 Å². The Hall–Kier alpha value is -3.39. The van der Waals surface area contributed by atoms with Gasteiger partial charge in [-0.1, -0.05) is 12.1 Å². The van der Waals surface area contributed by atoms with Gasteiger partial charge >= 0.3 is 0 Å². The third-order valence-electron chi connectivity index (χ3n) is 7.64. The number of fused-ring (bicyclic) bond motifs is 1. The first-order chi connectivity index (χ1) is 18.0. The van der Waals surface area contributed by atoms with Crippen LogP contribution >= 0.6 is 0 Å². The van der Waals surface area contributed by atoms with Gasteiger partial charge in [0.1, 0.15) is 5.82 Å². The monoisotopic (exact) mass is 502 g/mol. The molecule has 1 saturated heterocycles. The number of anilines is 1. The lowest BCUT2D eigenvalue weighted by atomic mass is 9.86. The summed E-state index contributed by atoms with van der Waals surface area (Å²) in [7, 11) is 2.03. The number of rotatable bonds is 7. The minimum atomic E-state index is -0.302. The summed E-state index contributed by atoms with van der Waals surface area (Å²) < 4.78 is 13.5. The van der Waals surface area contributed by atoms with Crippen LogP contribution in [0.1, 0.15) is 47.8 Å². The average molecular weight is 503 g/mol. The lowest BCUT2D eigenvalue weighted by Gasteiger charge is -2.35. The van der Waals surface area contributed by atoms with E-state index in [0.29, 0.717) is 22.7 Å². The SMILES string of the molecule is CCN(C)c1ncc2c(n1)CCC(CN1CCC(NC(=O)c3ccc(-c4cccc(F)c4)nc3)CC1)C2. The van der Waals surface area contributed by atoms with E-state index in [-0.39, 0.29) is 17.8 Å². The molecule has 194 valence electrons. The Bertz CT molecular complexity index is 1230. The summed E-state index contributed by atoms with van der Waals surface area (Å²) in [6, 6.07) is 10.00. The summed E-state index contributed by atoms with van der Waals surface area (Å²) in [4.78, 5) is 31.1. The fourth-order valence-corrected chi connectivity index (χ4v) is 5.29. The van der Waals surface area contributed by atoms with Crippen molar-refractivity contribution in [1.82, 2.24) is 25.2 Å². The average Bonchev–Trinajstić information content (AvgIpc) is 2.93. The molecule has 1 atom stereocenters. The predicted octanol–water partition coefficient (Wildman–Crippen LogP) is 4.13. The summed E-state index contributed by atoms with van der Waals surface area (Å²) in [6.45, 7) is 6.07. The predicted molar refractivity (Wildman–Crippen MR) is 143 cm³/mol. The molecule has 1 N–H and O–H groups in total. The molecule has 3 aromatic rings. The first-order valence-corrected chi connectivity index (χ1v) is 13.3. The van der Waals surface area contributed by atoms with E-state index < -0.39 is 0 Å². The normalized spacial score (nSPS) is 18.3. The second kappa shape index (κ2) is 11.3. The molecule has 0 spiro atoms. The van der Waals surface area contributed by atoms with E-state index in [1.165, 1.54) is 23.4 Å². The molecule has 8 heteroatoms. The summed E-state index contributed by atoms with van der Waals surface area (Å²) in [5, 5.41) is 3.17. The van der Waals surface area contributed by atoms with Crippen molar-refractivity contribution in [1.29, 1.82) is 0 Å². The zero-order valence-corrected chi connectivity index (χ0v) is 21.7. The number of hydrogen-bond donors (Lipinski definition) is 1. The molecule has 5 rings (SSSR count). The first kappa shape index (κ1) is 25.3. The van der Waals surface area contributed by atoms with Crippen LogP contribution < -0.4 is 10.2 Å². The topological polar surface area (TPSA) is 74.2 Å². The summed E-state index contributed by atoms with van der Waals surface area (Å²) >= 11 is 0. The second-order valence-corrected chi connectivity index (χ2v) is 10.3. The van der Waals surface area contributed by atoms with E-state index in [0.717, 1.165) is 64.2 Å². The Labute approximate surface area is 218 Å². The number of aromatic nitrogens is 3. The molecule has 7 nitrogen and oxygen atoms in total. The molecule has 1 aliphatic heterocycles. The van der Waals surface area contributed by atoms with Gasteiger partial charge in [0.15, 0.2) is 0 Å². The zero-order valence-electron chi connectivity index (χ0n) is 21.7. The number of nitrogens with zero attached hydrogens (tertiary/aromatic N) is 5. The van der Waals surface area contributed by atoms with E-state index in [1.54, 1.807) is 30.5 Å². The van der Waals surface area contributed by atoms with Crippen molar-refractivity contribution in [2.75, 3.05) is 38.1 Å². The standard InChI is InChI=1S/C29H35FN6O/c1-3-35(2)29-32-18-23-15-20(7-9-27(23)34-29)19-36-13-11-25(12-14-36)33-28(37)22-8-10-26(31-17-22)21-5-4-6-24(30)16-21/h4-6,8,10,16-18,20,25H,3,7,9,11-15,19H2,1-2H3,(H,33,37). The highest BCUT2D eigenvalue weighted by molar-refractivity contribution is 5.94. The van der Waals surface area contributed by atoms with Crippen LogP contribution in [0, 0.1) is 11.7 Å². The number of pyridine rings is 1. The fraction of sp³-hybridized carbons (Fsp3) is 0.448. The van der Waals surface area contributed by atoms with Crippen LogP contribution in [0.2, 0.25) is 0 Å².